The largest absolute Gasteiger partial charge is 0.484 e. The van der Waals surface area contributed by atoms with Gasteiger partial charge >= 0.3 is 0 Å². The number of aromatic nitrogens is 1. The van der Waals surface area contributed by atoms with Crippen molar-refractivity contribution in [3.05, 3.63) is 46.0 Å². The van der Waals surface area contributed by atoms with E-state index >= 15 is 0 Å². The van der Waals surface area contributed by atoms with Crippen molar-refractivity contribution in [2.75, 3.05) is 6.61 Å². The fourth-order valence-corrected chi connectivity index (χ4v) is 2.96. The van der Waals surface area contributed by atoms with Crippen molar-refractivity contribution < 1.29 is 4.74 Å². The minimum absolute atomic E-state index is 0.506. The van der Waals surface area contributed by atoms with E-state index in [1.165, 1.54) is 11.3 Å². The molecule has 0 fully saturated rings. The molecule has 1 unspecified atom stereocenters. The van der Waals surface area contributed by atoms with Gasteiger partial charge in [0, 0.05) is 34.7 Å². The molecule has 1 atom stereocenters. The first-order valence-corrected chi connectivity index (χ1v) is 7.50. The average molecular weight is 337 g/mol. The number of nitrogens with zero attached hydrogens (tertiary/aromatic N) is 2. The van der Waals surface area contributed by atoms with Crippen LogP contribution in [0.2, 0.25) is 0 Å². The first-order chi connectivity index (χ1) is 9.14. The Morgan fingerprint density at radius 2 is 2.42 bits per heavy atom. The van der Waals surface area contributed by atoms with Crippen molar-refractivity contribution in [2.24, 2.45) is 0 Å². The Morgan fingerprint density at radius 3 is 3.00 bits per heavy atom. The number of pyridine rings is 1. The third-order valence-corrected chi connectivity index (χ3v) is 4.54. The Bertz CT molecular complexity index is 579. The lowest BCUT2D eigenvalue weighted by molar-refractivity contribution is 0.292. The number of hydrogen-bond acceptors (Lipinski definition) is 4. The second kappa shape index (κ2) is 6.18. The maximum absolute atomic E-state index is 9.40. The van der Waals surface area contributed by atoms with Crippen molar-refractivity contribution in [3.63, 3.8) is 0 Å². The molecule has 0 N–H and O–H groups in total. The molecule has 2 rings (SSSR count). The summed E-state index contributed by atoms with van der Waals surface area (Å²) in [6, 6.07) is 8.07. The molecule has 0 bridgehead atoms. The molecule has 0 aliphatic carbocycles. The minimum atomic E-state index is -0.567. The molecule has 0 aliphatic heterocycles. The van der Waals surface area contributed by atoms with Crippen molar-refractivity contribution in [2.45, 2.75) is 18.8 Å². The highest BCUT2D eigenvalue weighted by Crippen LogP contribution is 2.29. The molecule has 19 heavy (non-hydrogen) atoms. The van der Waals surface area contributed by atoms with E-state index in [1.807, 2.05) is 30.5 Å². The topological polar surface area (TPSA) is 45.9 Å². The molecule has 3 nitrogen and oxygen atoms in total. The molecule has 0 saturated carbocycles. The van der Waals surface area contributed by atoms with Gasteiger partial charge in [0.05, 0.1) is 18.1 Å². The summed E-state index contributed by atoms with van der Waals surface area (Å²) in [5, 5.41) is 12.2. The summed E-state index contributed by atoms with van der Waals surface area (Å²) >= 11 is 4.92. The highest BCUT2D eigenvalue weighted by atomic mass is 79.9. The predicted molar refractivity (Wildman–Crippen MR) is 79.3 cm³/mol. The van der Waals surface area contributed by atoms with Gasteiger partial charge in [0.2, 0.25) is 0 Å². The zero-order valence-electron chi connectivity index (χ0n) is 10.5. The van der Waals surface area contributed by atoms with Crippen LogP contribution >= 0.6 is 27.3 Å². The van der Waals surface area contributed by atoms with Crippen molar-refractivity contribution in [3.8, 4) is 11.1 Å². The van der Waals surface area contributed by atoms with E-state index in [4.69, 9.17) is 4.74 Å². The Morgan fingerprint density at radius 1 is 1.58 bits per heavy atom. The van der Waals surface area contributed by atoms with E-state index in [-0.39, 0.29) is 0 Å². The average Bonchev–Trinajstić information content (AvgIpc) is 2.85. The van der Waals surface area contributed by atoms with Gasteiger partial charge in [-0.3, -0.25) is 4.98 Å². The maximum Gasteiger partial charge on any atom is 0.174 e. The van der Waals surface area contributed by atoms with Crippen molar-refractivity contribution >= 4 is 27.3 Å². The molecule has 0 aromatic carbocycles. The SMILES string of the molecule is CC(C#N)(CCOc1cc(Br)cs1)c1cccnc1. The number of rotatable bonds is 5. The molecular weight excluding hydrogens is 324 g/mol. The molecule has 0 radical (unpaired) electrons. The molecule has 0 amide bonds. The first-order valence-electron chi connectivity index (χ1n) is 5.83. The lowest BCUT2D eigenvalue weighted by Gasteiger charge is -2.21. The number of thiophene rings is 1. The van der Waals surface area contributed by atoms with E-state index in [0.29, 0.717) is 13.0 Å². The normalized spacial score (nSPS) is 13.5. The molecule has 2 aromatic heterocycles. The fourth-order valence-electron chi connectivity index (χ4n) is 1.68. The number of hydrogen-bond donors (Lipinski definition) is 0. The lowest BCUT2D eigenvalue weighted by Crippen LogP contribution is -2.22. The van der Waals surface area contributed by atoms with Crippen LogP contribution in [0.15, 0.2) is 40.4 Å². The van der Waals surface area contributed by atoms with Crippen molar-refractivity contribution in [1.29, 1.82) is 5.26 Å². The number of halogens is 1. The summed E-state index contributed by atoms with van der Waals surface area (Å²) in [6.45, 7) is 2.42. The fraction of sp³-hybridized carbons (Fsp3) is 0.286. The van der Waals surface area contributed by atoms with Crippen LogP contribution in [0, 0.1) is 11.3 Å². The van der Waals surface area contributed by atoms with Crippen LogP contribution in [0.3, 0.4) is 0 Å². The second-order valence-electron chi connectivity index (χ2n) is 4.37. The van der Waals surface area contributed by atoms with Gasteiger partial charge in [-0.1, -0.05) is 6.07 Å². The van der Waals surface area contributed by atoms with E-state index in [2.05, 4.69) is 27.0 Å². The van der Waals surface area contributed by atoms with Gasteiger partial charge < -0.3 is 4.74 Å². The van der Waals surface area contributed by atoms with E-state index in [1.54, 1.807) is 12.4 Å². The number of ether oxygens (including phenoxy) is 1. The zero-order chi connectivity index (χ0) is 13.7. The summed E-state index contributed by atoms with van der Waals surface area (Å²) in [5.74, 6) is 0. The van der Waals surface area contributed by atoms with Crippen LogP contribution in [-0.4, -0.2) is 11.6 Å². The lowest BCUT2D eigenvalue weighted by atomic mass is 9.82. The molecule has 0 spiro atoms. The summed E-state index contributed by atoms with van der Waals surface area (Å²) in [5.41, 5.74) is 0.358. The summed E-state index contributed by atoms with van der Waals surface area (Å²) < 4.78 is 6.68. The van der Waals surface area contributed by atoms with Crippen LogP contribution in [-0.2, 0) is 5.41 Å². The van der Waals surface area contributed by atoms with Gasteiger partial charge in [0.25, 0.3) is 0 Å². The van der Waals surface area contributed by atoms with Gasteiger partial charge in [-0.05, 0) is 34.5 Å². The van der Waals surface area contributed by atoms with Crippen LogP contribution in [0.4, 0.5) is 0 Å². The molecule has 2 aromatic rings. The van der Waals surface area contributed by atoms with Crippen LogP contribution in [0.25, 0.3) is 0 Å². The minimum Gasteiger partial charge on any atom is -0.484 e. The molecule has 0 saturated heterocycles. The maximum atomic E-state index is 9.40. The van der Waals surface area contributed by atoms with Crippen molar-refractivity contribution in [1.82, 2.24) is 4.98 Å². The summed E-state index contributed by atoms with van der Waals surface area (Å²) in [6.07, 6.45) is 4.08. The standard InChI is InChI=1S/C14H13BrN2OS/c1-14(10-16,11-3-2-5-17-8-11)4-6-18-13-7-12(15)9-19-13/h2-3,5,7-9H,4,6H2,1H3. The number of nitriles is 1. The van der Waals surface area contributed by atoms with Gasteiger partial charge in [-0.25, -0.2) is 0 Å². The Labute approximate surface area is 125 Å². The molecule has 2 heterocycles. The molecular formula is C14H13BrN2OS. The monoisotopic (exact) mass is 336 g/mol. The second-order valence-corrected chi connectivity index (χ2v) is 6.16. The van der Waals surface area contributed by atoms with Gasteiger partial charge in [0.1, 0.15) is 0 Å². The summed E-state index contributed by atoms with van der Waals surface area (Å²) in [7, 11) is 0. The third-order valence-electron chi connectivity index (χ3n) is 2.94. The van der Waals surface area contributed by atoms with Gasteiger partial charge in [-0.2, -0.15) is 5.26 Å². The van der Waals surface area contributed by atoms with E-state index < -0.39 is 5.41 Å². The Hall–Kier alpha value is -1.38. The predicted octanol–water partition coefficient (Wildman–Crippen LogP) is 4.16. The molecule has 5 heteroatoms. The Balaban J connectivity index is 1.98. The van der Waals surface area contributed by atoms with E-state index in [9.17, 15) is 5.26 Å². The Kier molecular flexibility index (Phi) is 4.56. The highest BCUT2D eigenvalue weighted by molar-refractivity contribution is 9.10. The highest BCUT2D eigenvalue weighted by Gasteiger charge is 2.26. The third kappa shape index (κ3) is 3.55. The van der Waals surface area contributed by atoms with Crippen LogP contribution in [0.1, 0.15) is 18.9 Å². The van der Waals surface area contributed by atoms with Gasteiger partial charge in [0.15, 0.2) is 5.06 Å². The van der Waals surface area contributed by atoms with Gasteiger partial charge in [-0.15, -0.1) is 11.3 Å². The van der Waals surface area contributed by atoms with Crippen LogP contribution < -0.4 is 4.74 Å². The van der Waals surface area contributed by atoms with Crippen LogP contribution in [0.5, 0.6) is 5.06 Å². The smallest absolute Gasteiger partial charge is 0.174 e. The molecule has 98 valence electrons. The summed E-state index contributed by atoms with van der Waals surface area (Å²) in [4.78, 5) is 4.07. The molecule has 0 aliphatic rings. The van der Waals surface area contributed by atoms with E-state index in [0.717, 1.165) is 15.1 Å². The quantitative estimate of drug-likeness (QED) is 0.823. The zero-order valence-corrected chi connectivity index (χ0v) is 12.9. The first kappa shape index (κ1) is 14.0.